The van der Waals surface area contributed by atoms with E-state index in [-0.39, 0.29) is 0 Å². The van der Waals surface area contributed by atoms with Crippen LogP contribution in [0.25, 0.3) is 11.0 Å². The Kier molecular flexibility index (Phi) is 3.65. The number of rotatable bonds is 6. The second-order valence-corrected chi connectivity index (χ2v) is 4.60. The van der Waals surface area contributed by atoms with Gasteiger partial charge in [0.05, 0.1) is 30.4 Å². The standard InChI is InChI=1S/C16H17N3O/c1-2-9-19-15-8-4-3-7-14(15)18-16(19)12-17-11-13-6-5-10-20-13/h2-8,10,17H,1,9,11-12H2. The van der Waals surface area contributed by atoms with E-state index in [4.69, 9.17) is 4.42 Å². The normalized spacial score (nSPS) is 11.0. The van der Waals surface area contributed by atoms with Gasteiger partial charge in [0, 0.05) is 6.54 Å². The number of fused-ring (bicyclic) bond motifs is 1. The number of nitrogens with zero attached hydrogens (tertiary/aromatic N) is 2. The van der Waals surface area contributed by atoms with Gasteiger partial charge in [0.1, 0.15) is 11.6 Å². The largest absolute Gasteiger partial charge is 0.468 e. The molecule has 2 aromatic heterocycles. The van der Waals surface area contributed by atoms with Gasteiger partial charge >= 0.3 is 0 Å². The van der Waals surface area contributed by atoms with Crippen molar-refractivity contribution in [3.63, 3.8) is 0 Å². The van der Waals surface area contributed by atoms with Crippen LogP contribution in [0.5, 0.6) is 0 Å². The van der Waals surface area contributed by atoms with Crippen molar-refractivity contribution < 1.29 is 4.42 Å². The quantitative estimate of drug-likeness (QED) is 0.698. The van der Waals surface area contributed by atoms with Gasteiger partial charge in [-0.1, -0.05) is 18.2 Å². The first-order valence-corrected chi connectivity index (χ1v) is 6.66. The lowest BCUT2D eigenvalue weighted by molar-refractivity contribution is 0.478. The molecule has 0 atom stereocenters. The first-order chi connectivity index (χ1) is 9.88. The van der Waals surface area contributed by atoms with Crippen LogP contribution in [0.4, 0.5) is 0 Å². The Hall–Kier alpha value is -2.33. The van der Waals surface area contributed by atoms with E-state index in [0.29, 0.717) is 13.1 Å². The highest BCUT2D eigenvalue weighted by molar-refractivity contribution is 5.75. The monoisotopic (exact) mass is 267 g/mol. The molecule has 0 aliphatic carbocycles. The van der Waals surface area contributed by atoms with Crippen LogP contribution < -0.4 is 5.32 Å². The maximum atomic E-state index is 5.30. The van der Waals surface area contributed by atoms with Gasteiger partial charge in [0.25, 0.3) is 0 Å². The predicted molar refractivity (Wildman–Crippen MR) is 79.2 cm³/mol. The van der Waals surface area contributed by atoms with Gasteiger partial charge in [-0.05, 0) is 24.3 Å². The number of benzene rings is 1. The molecule has 0 bridgehead atoms. The molecule has 0 saturated carbocycles. The van der Waals surface area contributed by atoms with Crippen LogP contribution in [-0.2, 0) is 19.6 Å². The van der Waals surface area contributed by atoms with Gasteiger partial charge in [0.15, 0.2) is 0 Å². The van der Waals surface area contributed by atoms with Crippen LogP contribution >= 0.6 is 0 Å². The Labute approximate surface area is 117 Å². The zero-order chi connectivity index (χ0) is 13.8. The minimum absolute atomic E-state index is 0.698. The molecule has 0 aliphatic rings. The van der Waals surface area contributed by atoms with Crippen molar-refractivity contribution >= 4 is 11.0 Å². The molecule has 0 saturated heterocycles. The maximum absolute atomic E-state index is 5.30. The number of allylic oxidation sites excluding steroid dienone is 1. The third-order valence-corrected chi connectivity index (χ3v) is 3.21. The molecule has 4 nitrogen and oxygen atoms in total. The number of imidazole rings is 1. The van der Waals surface area contributed by atoms with Crippen molar-refractivity contribution in [2.24, 2.45) is 0 Å². The zero-order valence-electron chi connectivity index (χ0n) is 11.2. The Morgan fingerprint density at radius 2 is 2.10 bits per heavy atom. The number of hydrogen-bond donors (Lipinski definition) is 1. The van der Waals surface area contributed by atoms with Crippen molar-refractivity contribution in [3.05, 3.63) is 66.9 Å². The molecular formula is C16H17N3O. The van der Waals surface area contributed by atoms with Crippen molar-refractivity contribution in [2.45, 2.75) is 19.6 Å². The summed E-state index contributed by atoms with van der Waals surface area (Å²) in [6, 6.07) is 12.0. The summed E-state index contributed by atoms with van der Waals surface area (Å²) in [4.78, 5) is 4.67. The van der Waals surface area contributed by atoms with E-state index in [0.717, 1.165) is 29.2 Å². The Balaban J connectivity index is 1.79. The summed E-state index contributed by atoms with van der Waals surface area (Å²) in [7, 11) is 0. The summed E-state index contributed by atoms with van der Waals surface area (Å²) in [6.07, 6.45) is 3.58. The molecule has 102 valence electrons. The maximum Gasteiger partial charge on any atom is 0.124 e. The van der Waals surface area contributed by atoms with Crippen molar-refractivity contribution in [2.75, 3.05) is 0 Å². The summed E-state index contributed by atoms with van der Waals surface area (Å²) < 4.78 is 7.48. The average molecular weight is 267 g/mol. The third kappa shape index (κ3) is 2.51. The molecule has 0 unspecified atom stereocenters. The van der Waals surface area contributed by atoms with Crippen LogP contribution in [0, 0.1) is 0 Å². The third-order valence-electron chi connectivity index (χ3n) is 3.21. The number of aromatic nitrogens is 2. The second kappa shape index (κ2) is 5.75. The number of nitrogens with one attached hydrogen (secondary N) is 1. The SMILES string of the molecule is C=CCn1c(CNCc2ccco2)nc2ccccc21. The van der Waals surface area contributed by atoms with Crippen LogP contribution in [-0.4, -0.2) is 9.55 Å². The van der Waals surface area contributed by atoms with Crippen LogP contribution in [0.2, 0.25) is 0 Å². The van der Waals surface area contributed by atoms with E-state index in [1.54, 1.807) is 6.26 Å². The molecular weight excluding hydrogens is 250 g/mol. The molecule has 1 aromatic carbocycles. The highest BCUT2D eigenvalue weighted by atomic mass is 16.3. The summed E-state index contributed by atoms with van der Waals surface area (Å²) in [5, 5.41) is 3.35. The molecule has 0 aliphatic heterocycles. The molecule has 20 heavy (non-hydrogen) atoms. The fraction of sp³-hybridized carbons (Fsp3) is 0.188. The van der Waals surface area contributed by atoms with Crippen molar-refractivity contribution in [3.8, 4) is 0 Å². The van der Waals surface area contributed by atoms with Crippen LogP contribution in [0.15, 0.2) is 59.7 Å². The lowest BCUT2D eigenvalue weighted by Gasteiger charge is -2.07. The Bertz CT molecular complexity index is 698. The van der Waals surface area contributed by atoms with Gasteiger partial charge in [-0.25, -0.2) is 4.98 Å². The first kappa shape index (κ1) is 12.7. The average Bonchev–Trinajstić information content (AvgIpc) is 3.08. The highest BCUT2D eigenvalue weighted by Crippen LogP contribution is 2.16. The lowest BCUT2D eigenvalue weighted by Crippen LogP contribution is -2.16. The molecule has 4 heteroatoms. The molecule has 0 spiro atoms. The van der Waals surface area contributed by atoms with Gasteiger partial charge < -0.3 is 14.3 Å². The van der Waals surface area contributed by atoms with Crippen molar-refractivity contribution in [1.82, 2.24) is 14.9 Å². The second-order valence-electron chi connectivity index (χ2n) is 4.60. The van der Waals surface area contributed by atoms with E-state index < -0.39 is 0 Å². The Morgan fingerprint density at radius 3 is 2.90 bits per heavy atom. The number of para-hydroxylation sites is 2. The van der Waals surface area contributed by atoms with E-state index in [2.05, 4.69) is 27.5 Å². The minimum Gasteiger partial charge on any atom is -0.468 e. The summed E-state index contributed by atoms with van der Waals surface area (Å²) in [5.74, 6) is 1.94. The highest BCUT2D eigenvalue weighted by Gasteiger charge is 2.08. The summed E-state index contributed by atoms with van der Waals surface area (Å²) in [6.45, 7) is 5.98. The molecule has 0 radical (unpaired) electrons. The van der Waals surface area contributed by atoms with E-state index in [9.17, 15) is 0 Å². The Morgan fingerprint density at radius 1 is 1.20 bits per heavy atom. The number of furan rings is 1. The number of hydrogen-bond acceptors (Lipinski definition) is 3. The van der Waals surface area contributed by atoms with E-state index in [1.807, 2.05) is 36.4 Å². The summed E-state index contributed by atoms with van der Waals surface area (Å²) >= 11 is 0. The molecule has 0 fully saturated rings. The molecule has 0 amide bonds. The molecule has 1 N–H and O–H groups in total. The molecule has 2 heterocycles. The summed E-state index contributed by atoms with van der Waals surface area (Å²) in [5.41, 5.74) is 2.16. The molecule has 3 rings (SSSR count). The van der Waals surface area contributed by atoms with Gasteiger partial charge in [0.2, 0.25) is 0 Å². The van der Waals surface area contributed by atoms with Gasteiger partial charge in [-0.15, -0.1) is 6.58 Å². The fourth-order valence-electron chi connectivity index (χ4n) is 2.30. The van der Waals surface area contributed by atoms with Crippen LogP contribution in [0.1, 0.15) is 11.6 Å². The van der Waals surface area contributed by atoms with E-state index in [1.165, 1.54) is 0 Å². The minimum atomic E-state index is 0.698. The van der Waals surface area contributed by atoms with Crippen LogP contribution in [0.3, 0.4) is 0 Å². The fourth-order valence-corrected chi connectivity index (χ4v) is 2.30. The topological polar surface area (TPSA) is 43.0 Å². The first-order valence-electron chi connectivity index (χ1n) is 6.66. The zero-order valence-corrected chi connectivity index (χ0v) is 11.2. The lowest BCUT2D eigenvalue weighted by atomic mass is 10.3. The molecule has 3 aromatic rings. The predicted octanol–water partition coefficient (Wildman–Crippen LogP) is 3.11. The van der Waals surface area contributed by atoms with Gasteiger partial charge in [-0.3, -0.25) is 0 Å². The smallest absolute Gasteiger partial charge is 0.124 e. The van der Waals surface area contributed by atoms with Gasteiger partial charge in [-0.2, -0.15) is 0 Å². The van der Waals surface area contributed by atoms with E-state index >= 15 is 0 Å². The van der Waals surface area contributed by atoms with Crippen molar-refractivity contribution in [1.29, 1.82) is 0 Å².